The predicted octanol–water partition coefficient (Wildman–Crippen LogP) is 3.24. The molecule has 186 valence electrons. The molecule has 4 aromatic heterocycles. The highest BCUT2D eigenvalue weighted by Crippen LogP contribution is 2.34. The summed E-state index contributed by atoms with van der Waals surface area (Å²) in [6.45, 7) is 1.14. The number of fused-ring (bicyclic) bond motifs is 1. The zero-order valence-electron chi connectivity index (χ0n) is 19.9. The number of hydrogen-bond acceptors (Lipinski definition) is 7. The highest BCUT2D eigenvalue weighted by molar-refractivity contribution is 6.33. The number of rotatable bonds is 8. The van der Waals surface area contributed by atoms with Gasteiger partial charge in [-0.1, -0.05) is 11.6 Å². The lowest BCUT2D eigenvalue weighted by Gasteiger charge is -2.36. The maximum absolute atomic E-state index is 13.7. The maximum atomic E-state index is 13.7. The number of pyridine rings is 2. The van der Waals surface area contributed by atoms with E-state index in [4.69, 9.17) is 16.3 Å². The fourth-order valence-electron chi connectivity index (χ4n) is 4.45. The summed E-state index contributed by atoms with van der Waals surface area (Å²) in [6, 6.07) is 7.13. The molecular formula is C25H26ClN7O3. The van der Waals surface area contributed by atoms with Gasteiger partial charge in [-0.25, -0.2) is 4.98 Å². The smallest absolute Gasteiger partial charge is 0.271 e. The Bertz CT molecular complexity index is 1400. The second-order valence-corrected chi connectivity index (χ2v) is 9.03. The summed E-state index contributed by atoms with van der Waals surface area (Å²) in [6.07, 6.45) is 8.55. The second kappa shape index (κ2) is 10.1. The number of carbonyl (C=O) groups excluding carboxylic acids is 1. The molecule has 0 aromatic carbocycles. The fraction of sp³-hybridized carbons (Fsp3) is 0.280. The number of hydrogen-bond donors (Lipinski definition) is 2. The van der Waals surface area contributed by atoms with Gasteiger partial charge in [-0.15, -0.1) is 0 Å². The van der Waals surface area contributed by atoms with Crippen molar-refractivity contribution >= 4 is 29.1 Å². The summed E-state index contributed by atoms with van der Waals surface area (Å²) >= 11 is 6.53. The fourth-order valence-corrected chi connectivity index (χ4v) is 4.67. The second-order valence-electron chi connectivity index (χ2n) is 8.63. The molecule has 1 aliphatic rings. The van der Waals surface area contributed by atoms with Crippen LogP contribution >= 0.6 is 11.6 Å². The van der Waals surface area contributed by atoms with Crippen LogP contribution in [0.15, 0.2) is 55.2 Å². The van der Waals surface area contributed by atoms with E-state index in [1.807, 2.05) is 36.0 Å². The number of aliphatic hydroxyl groups is 1. The van der Waals surface area contributed by atoms with Crippen LogP contribution < -0.4 is 5.32 Å². The van der Waals surface area contributed by atoms with Gasteiger partial charge in [0.25, 0.3) is 5.91 Å². The lowest BCUT2D eigenvalue weighted by Crippen LogP contribution is -2.49. The number of ether oxygens (including phenoxy) is 1. The van der Waals surface area contributed by atoms with E-state index in [-0.39, 0.29) is 18.6 Å². The van der Waals surface area contributed by atoms with Gasteiger partial charge in [0, 0.05) is 69.2 Å². The lowest BCUT2D eigenvalue weighted by atomic mass is 10.1. The van der Waals surface area contributed by atoms with E-state index < -0.39 is 0 Å². The van der Waals surface area contributed by atoms with Gasteiger partial charge >= 0.3 is 0 Å². The number of nitrogens with one attached hydrogen (secondary N) is 1. The third kappa shape index (κ3) is 4.58. The molecule has 1 unspecified atom stereocenters. The van der Waals surface area contributed by atoms with Gasteiger partial charge in [-0.2, -0.15) is 5.10 Å². The molecule has 5 rings (SSSR count). The summed E-state index contributed by atoms with van der Waals surface area (Å²) in [5, 5.41) is 17.6. The van der Waals surface area contributed by atoms with Crippen molar-refractivity contribution in [2.24, 2.45) is 7.05 Å². The Morgan fingerprint density at radius 1 is 1.22 bits per heavy atom. The molecule has 0 aliphatic carbocycles. The molecule has 2 N–H and O–H groups in total. The molecular weight excluding hydrogens is 482 g/mol. The Balaban J connectivity index is 1.47. The van der Waals surface area contributed by atoms with Crippen molar-refractivity contribution in [1.82, 2.24) is 29.2 Å². The number of aryl methyl sites for hydroxylation is 1. The predicted molar refractivity (Wildman–Crippen MR) is 135 cm³/mol. The van der Waals surface area contributed by atoms with Crippen molar-refractivity contribution in [2.75, 3.05) is 19.0 Å². The zero-order chi connectivity index (χ0) is 25.2. The van der Waals surface area contributed by atoms with E-state index in [1.165, 1.54) is 0 Å². The first-order valence-electron chi connectivity index (χ1n) is 11.4. The van der Waals surface area contributed by atoms with Gasteiger partial charge < -0.3 is 24.6 Å². The summed E-state index contributed by atoms with van der Waals surface area (Å²) in [5.74, 6) is 1.28. The van der Waals surface area contributed by atoms with Crippen LogP contribution in [0, 0.1) is 0 Å². The van der Waals surface area contributed by atoms with Crippen LogP contribution in [0.25, 0.3) is 11.1 Å². The Hall–Kier alpha value is -3.73. The van der Waals surface area contributed by atoms with Crippen LogP contribution in [-0.2, 0) is 31.5 Å². The Labute approximate surface area is 213 Å². The molecule has 4 aromatic rings. The van der Waals surface area contributed by atoms with E-state index in [9.17, 15) is 9.90 Å². The number of halogens is 1. The molecule has 10 nitrogen and oxygen atoms in total. The van der Waals surface area contributed by atoms with E-state index in [0.29, 0.717) is 36.2 Å². The minimum atomic E-state index is -0.183. The number of aliphatic hydroxyl groups excluding tert-OH is 1. The zero-order valence-corrected chi connectivity index (χ0v) is 20.7. The summed E-state index contributed by atoms with van der Waals surface area (Å²) in [7, 11) is 3.46. The monoisotopic (exact) mass is 507 g/mol. The molecule has 0 saturated carbocycles. The molecule has 11 heteroatoms. The summed E-state index contributed by atoms with van der Waals surface area (Å²) in [5.41, 5.74) is 3.68. The van der Waals surface area contributed by atoms with Crippen LogP contribution in [0.4, 0.5) is 11.6 Å². The number of aromatic nitrogens is 5. The first-order chi connectivity index (χ1) is 17.5. The SMILES string of the molecule is COCC1Cn2cc(-c3cc(Nc4ccnn4C)ncc3Cl)cc2C(=O)N1Cc1cnccc1CO. The first-order valence-corrected chi connectivity index (χ1v) is 11.8. The molecule has 0 spiro atoms. The summed E-state index contributed by atoms with van der Waals surface area (Å²) < 4.78 is 9.09. The van der Waals surface area contributed by atoms with Crippen molar-refractivity contribution in [3.63, 3.8) is 0 Å². The first kappa shape index (κ1) is 24.0. The van der Waals surface area contributed by atoms with Gasteiger partial charge in [0.15, 0.2) is 0 Å². The minimum absolute atomic E-state index is 0.120. The number of anilines is 2. The largest absolute Gasteiger partial charge is 0.392 e. The number of nitrogens with zero attached hydrogens (tertiary/aromatic N) is 6. The van der Waals surface area contributed by atoms with Gasteiger partial charge in [-0.3, -0.25) is 14.5 Å². The van der Waals surface area contributed by atoms with Crippen molar-refractivity contribution in [3.05, 3.63) is 77.1 Å². The van der Waals surface area contributed by atoms with Gasteiger partial charge in [0.1, 0.15) is 17.3 Å². The average Bonchev–Trinajstić information content (AvgIpc) is 3.49. The Morgan fingerprint density at radius 3 is 2.83 bits per heavy atom. The molecule has 5 heterocycles. The van der Waals surface area contributed by atoms with Crippen LogP contribution in [-0.4, -0.2) is 60.0 Å². The quantitative estimate of drug-likeness (QED) is 0.376. The number of methoxy groups -OCH3 is 1. The minimum Gasteiger partial charge on any atom is -0.392 e. The highest BCUT2D eigenvalue weighted by atomic mass is 35.5. The van der Waals surface area contributed by atoms with Crippen LogP contribution in [0.3, 0.4) is 0 Å². The van der Waals surface area contributed by atoms with Crippen molar-refractivity contribution in [1.29, 1.82) is 0 Å². The standard InChI is InChI=1S/C25H26ClN7O3/c1-31-24(4-6-29-31)30-23-8-20(21(26)10-28-23)17-7-22-25(35)33(19(15-36-2)13-32(22)11-17)12-18-9-27-5-3-16(18)14-34/h3-11,19,34H,12-15H2,1-2H3,(H,28,30). The lowest BCUT2D eigenvalue weighted by molar-refractivity contribution is 0.0386. The van der Waals surface area contributed by atoms with E-state index in [2.05, 4.69) is 20.4 Å². The Kier molecular flexibility index (Phi) is 6.73. The molecule has 0 radical (unpaired) electrons. The van der Waals surface area contributed by atoms with Crippen LogP contribution in [0.1, 0.15) is 21.6 Å². The normalized spacial score (nSPS) is 15.3. The van der Waals surface area contributed by atoms with Crippen LogP contribution in [0.2, 0.25) is 5.02 Å². The molecule has 0 bridgehead atoms. The van der Waals surface area contributed by atoms with Crippen molar-refractivity contribution in [3.8, 4) is 11.1 Å². The molecule has 1 atom stereocenters. The average molecular weight is 508 g/mol. The molecule has 0 saturated heterocycles. The summed E-state index contributed by atoms with van der Waals surface area (Å²) in [4.78, 5) is 24.0. The highest BCUT2D eigenvalue weighted by Gasteiger charge is 2.33. The van der Waals surface area contributed by atoms with Gasteiger partial charge in [0.2, 0.25) is 0 Å². The van der Waals surface area contributed by atoms with E-state index in [0.717, 1.165) is 28.1 Å². The number of carbonyl (C=O) groups is 1. The Morgan fingerprint density at radius 2 is 2.08 bits per heavy atom. The van der Waals surface area contributed by atoms with Crippen molar-refractivity contribution in [2.45, 2.75) is 25.7 Å². The third-order valence-electron chi connectivity index (χ3n) is 6.34. The van der Waals surface area contributed by atoms with Crippen molar-refractivity contribution < 1.29 is 14.6 Å². The van der Waals surface area contributed by atoms with E-state index >= 15 is 0 Å². The number of amides is 1. The molecule has 1 amide bonds. The molecule has 0 fully saturated rings. The van der Waals surface area contributed by atoms with E-state index in [1.54, 1.807) is 47.5 Å². The molecule has 1 aliphatic heterocycles. The van der Waals surface area contributed by atoms with Crippen LogP contribution in [0.5, 0.6) is 0 Å². The molecule has 36 heavy (non-hydrogen) atoms. The van der Waals surface area contributed by atoms with Gasteiger partial charge in [-0.05, 0) is 29.3 Å². The third-order valence-corrected chi connectivity index (χ3v) is 6.64. The van der Waals surface area contributed by atoms with Gasteiger partial charge in [0.05, 0.1) is 30.5 Å². The maximum Gasteiger partial charge on any atom is 0.271 e. The topological polar surface area (TPSA) is 110 Å².